The Balaban J connectivity index is 1.71. The highest BCUT2D eigenvalue weighted by Crippen LogP contribution is 2.16. The van der Waals surface area contributed by atoms with Gasteiger partial charge in [0.1, 0.15) is 12.4 Å². The zero-order chi connectivity index (χ0) is 19.1. The van der Waals surface area contributed by atoms with Gasteiger partial charge in [-0.25, -0.2) is 9.18 Å². The predicted molar refractivity (Wildman–Crippen MR) is 99.0 cm³/mol. The van der Waals surface area contributed by atoms with Crippen LogP contribution >= 0.6 is 0 Å². The second-order valence-electron chi connectivity index (χ2n) is 5.67. The average Bonchev–Trinajstić information content (AvgIpc) is 2.72. The van der Waals surface area contributed by atoms with Gasteiger partial charge in [0, 0.05) is 23.6 Å². The summed E-state index contributed by atoms with van der Waals surface area (Å²) in [5.74, 6) is -1.38. The smallest absolute Gasteiger partial charge is 0.338 e. The molecule has 1 amide bonds. The van der Waals surface area contributed by atoms with Crippen LogP contribution in [0.4, 0.5) is 10.1 Å². The number of anilines is 1. The Morgan fingerprint density at radius 3 is 2.37 bits per heavy atom. The van der Waals surface area contributed by atoms with Gasteiger partial charge in [-0.1, -0.05) is 24.3 Å². The van der Waals surface area contributed by atoms with E-state index < -0.39 is 11.8 Å². The van der Waals surface area contributed by atoms with Crippen molar-refractivity contribution in [2.24, 2.45) is 0 Å². The van der Waals surface area contributed by atoms with Crippen LogP contribution in [0.25, 0.3) is 0 Å². The molecular weight excluding hydrogens is 347 g/mol. The molecule has 0 N–H and O–H groups in total. The lowest BCUT2D eigenvalue weighted by molar-refractivity contribution is 0.0510. The van der Waals surface area contributed by atoms with Gasteiger partial charge in [-0.2, -0.15) is 0 Å². The van der Waals surface area contributed by atoms with Crippen LogP contribution in [0.1, 0.15) is 20.7 Å². The molecule has 0 spiro atoms. The van der Waals surface area contributed by atoms with E-state index >= 15 is 0 Å². The molecule has 0 unspecified atom stereocenters. The summed E-state index contributed by atoms with van der Waals surface area (Å²) in [6, 6.07) is 17.6. The number of nitrogens with zero attached hydrogens (tertiary/aromatic N) is 2. The topological polar surface area (TPSA) is 59.5 Å². The molecule has 0 radical (unpaired) electrons. The van der Waals surface area contributed by atoms with Crippen LogP contribution in [-0.4, -0.2) is 30.0 Å². The Hall–Kier alpha value is -3.54. The van der Waals surface area contributed by atoms with Crippen molar-refractivity contribution >= 4 is 17.6 Å². The Morgan fingerprint density at radius 2 is 1.67 bits per heavy atom. The molecule has 1 aromatic heterocycles. The van der Waals surface area contributed by atoms with Gasteiger partial charge in [0.25, 0.3) is 5.91 Å². The molecule has 136 valence electrons. The molecular formula is C21H17FN2O3. The summed E-state index contributed by atoms with van der Waals surface area (Å²) in [7, 11) is 0. The average molecular weight is 364 g/mol. The number of carbonyl (C=O) groups excluding carboxylic acids is 2. The van der Waals surface area contributed by atoms with E-state index in [0.717, 1.165) is 6.07 Å². The van der Waals surface area contributed by atoms with Gasteiger partial charge in [-0.05, 0) is 42.5 Å². The predicted octanol–water partition coefficient (Wildman–Crippen LogP) is 3.72. The number of carbonyl (C=O) groups is 2. The van der Waals surface area contributed by atoms with Crippen molar-refractivity contribution in [3.8, 4) is 0 Å². The number of hydrogen-bond donors (Lipinski definition) is 0. The molecule has 2 aromatic carbocycles. The second kappa shape index (κ2) is 8.71. The first kappa shape index (κ1) is 18.3. The summed E-state index contributed by atoms with van der Waals surface area (Å²) >= 11 is 0. The number of rotatable bonds is 6. The van der Waals surface area contributed by atoms with E-state index in [2.05, 4.69) is 4.98 Å². The molecule has 0 aliphatic carbocycles. The lowest BCUT2D eigenvalue weighted by Crippen LogP contribution is -2.34. The van der Waals surface area contributed by atoms with E-state index in [1.54, 1.807) is 36.7 Å². The van der Waals surface area contributed by atoms with Crippen molar-refractivity contribution in [2.45, 2.75) is 0 Å². The van der Waals surface area contributed by atoms with Crippen LogP contribution in [-0.2, 0) is 4.74 Å². The molecule has 0 saturated heterocycles. The standard InChI is InChI=1S/C21H17FN2O3/c22-18-6-4-5-17(15-18)21(26)27-14-13-24(19-7-2-1-3-8-19)20(25)16-9-11-23-12-10-16/h1-12,15H,13-14H2. The molecule has 3 aromatic rings. The first-order chi connectivity index (χ1) is 13.1. The molecule has 0 aliphatic heterocycles. The third-order valence-corrected chi connectivity index (χ3v) is 3.85. The fraction of sp³-hybridized carbons (Fsp3) is 0.0952. The van der Waals surface area contributed by atoms with Gasteiger partial charge in [-0.3, -0.25) is 9.78 Å². The fourth-order valence-electron chi connectivity index (χ4n) is 2.53. The highest BCUT2D eigenvalue weighted by atomic mass is 19.1. The lowest BCUT2D eigenvalue weighted by atomic mass is 10.2. The monoisotopic (exact) mass is 364 g/mol. The molecule has 0 aliphatic rings. The lowest BCUT2D eigenvalue weighted by Gasteiger charge is -2.22. The number of esters is 1. The highest BCUT2D eigenvalue weighted by Gasteiger charge is 2.18. The number of para-hydroxylation sites is 1. The summed E-state index contributed by atoms with van der Waals surface area (Å²) in [5, 5.41) is 0. The number of halogens is 1. The summed E-state index contributed by atoms with van der Waals surface area (Å²) in [6.45, 7) is 0.132. The third kappa shape index (κ3) is 4.76. The van der Waals surface area contributed by atoms with Crippen LogP contribution < -0.4 is 4.90 Å². The Kier molecular flexibility index (Phi) is 5.89. The molecule has 1 heterocycles. The van der Waals surface area contributed by atoms with E-state index in [0.29, 0.717) is 11.3 Å². The maximum Gasteiger partial charge on any atom is 0.338 e. The molecule has 0 saturated carbocycles. The minimum atomic E-state index is -0.640. The third-order valence-electron chi connectivity index (χ3n) is 3.85. The fourth-order valence-corrected chi connectivity index (χ4v) is 2.53. The van der Waals surface area contributed by atoms with Crippen molar-refractivity contribution in [2.75, 3.05) is 18.1 Å². The summed E-state index contributed by atoms with van der Waals surface area (Å²) < 4.78 is 18.4. The minimum absolute atomic E-state index is 0.0267. The van der Waals surface area contributed by atoms with Crippen LogP contribution in [0.15, 0.2) is 79.1 Å². The van der Waals surface area contributed by atoms with Crippen molar-refractivity contribution in [3.63, 3.8) is 0 Å². The number of aromatic nitrogens is 1. The van der Waals surface area contributed by atoms with Gasteiger partial charge in [0.05, 0.1) is 12.1 Å². The largest absolute Gasteiger partial charge is 0.460 e. The molecule has 5 nitrogen and oxygen atoms in total. The van der Waals surface area contributed by atoms with E-state index in [1.165, 1.54) is 23.1 Å². The van der Waals surface area contributed by atoms with Gasteiger partial charge in [0.2, 0.25) is 0 Å². The molecule has 6 heteroatoms. The van der Waals surface area contributed by atoms with Crippen LogP contribution in [0.3, 0.4) is 0 Å². The van der Waals surface area contributed by atoms with Gasteiger partial charge < -0.3 is 9.64 Å². The Labute approximate surface area is 156 Å². The zero-order valence-electron chi connectivity index (χ0n) is 14.4. The summed E-state index contributed by atoms with van der Waals surface area (Å²) in [5.41, 5.74) is 1.29. The first-order valence-corrected chi connectivity index (χ1v) is 8.35. The van der Waals surface area contributed by atoms with Crippen LogP contribution in [0, 0.1) is 5.82 Å². The van der Waals surface area contributed by atoms with Crippen LogP contribution in [0.2, 0.25) is 0 Å². The number of pyridine rings is 1. The van der Waals surface area contributed by atoms with E-state index in [1.807, 2.05) is 18.2 Å². The molecule has 0 bridgehead atoms. The van der Waals surface area contributed by atoms with E-state index in [4.69, 9.17) is 4.74 Å². The minimum Gasteiger partial charge on any atom is -0.460 e. The number of benzene rings is 2. The van der Waals surface area contributed by atoms with Gasteiger partial charge >= 0.3 is 5.97 Å². The zero-order valence-corrected chi connectivity index (χ0v) is 14.4. The molecule has 3 rings (SSSR count). The maximum absolute atomic E-state index is 13.2. The highest BCUT2D eigenvalue weighted by molar-refractivity contribution is 6.06. The maximum atomic E-state index is 13.2. The van der Waals surface area contributed by atoms with Gasteiger partial charge in [0.15, 0.2) is 0 Å². The molecule has 0 atom stereocenters. The van der Waals surface area contributed by atoms with Crippen molar-refractivity contribution in [1.82, 2.24) is 4.98 Å². The number of ether oxygens (including phenoxy) is 1. The van der Waals surface area contributed by atoms with Gasteiger partial charge in [-0.15, -0.1) is 0 Å². The number of hydrogen-bond acceptors (Lipinski definition) is 4. The van der Waals surface area contributed by atoms with Crippen molar-refractivity contribution in [1.29, 1.82) is 0 Å². The Bertz CT molecular complexity index is 917. The molecule has 27 heavy (non-hydrogen) atoms. The van der Waals surface area contributed by atoms with Crippen molar-refractivity contribution < 1.29 is 18.7 Å². The SMILES string of the molecule is O=C(OCCN(C(=O)c1ccncc1)c1ccccc1)c1cccc(F)c1. The normalized spacial score (nSPS) is 10.3. The summed E-state index contributed by atoms with van der Waals surface area (Å²) in [4.78, 5) is 30.3. The molecule has 0 fully saturated rings. The number of amides is 1. The second-order valence-corrected chi connectivity index (χ2v) is 5.67. The van der Waals surface area contributed by atoms with E-state index in [9.17, 15) is 14.0 Å². The first-order valence-electron chi connectivity index (χ1n) is 8.35. The quantitative estimate of drug-likeness (QED) is 0.626. The van der Waals surface area contributed by atoms with E-state index in [-0.39, 0.29) is 24.6 Å². The van der Waals surface area contributed by atoms with Crippen molar-refractivity contribution in [3.05, 3.63) is 96.1 Å². The van der Waals surface area contributed by atoms with Crippen LogP contribution in [0.5, 0.6) is 0 Å². The Morgan fingerprint density at radius 1 is 0.926 bits per heavy atom. The summed E-state index contributed by atoms with van der Waals surface area (Å²) in [6.07, 6.45) is 3.08.